The largest absolute Gasteiger partial charge is 0.456 e. The molecule has 10 aromatic rings. The molecule has 1 unspecified atom stereocenters. The lowest BCUT2D eigenvalue weighted by Gasteiger charge is -2.34. The number of furan rings is 2. The van der Waals surface area contributed by atoms with E-state index in [0.29, 0.717) is 0 Å². The molecule has 1 atom stereocenters. The fourth-order valence-electron chi connectivity index (χ4n) is 8.44. The van der Waals surface area contributed by atoms with Crippen molar-refractivity contribution in [2.45, 2.75) is 12.5 Å². The molecule has 2 aromatic heterocycles. The number of hydrogen-bond acceptors (Lipinski definition) is 4. The average molecular weight is 695 g/mol. The van der Waals surface area contributed by atoms with Crippen LogP contribution in [0.25, 0.3) is 60.7 Å². The summed E-state index contributed by atoms with van der Waals surface area (Å²) in [5, 5.41) is 6.69. The van der Waals surface area contributed by atoms with E-state index >= 15 is 0 Å². The highest BCUT2D eigenvalue weighted by molar-refractivity contribution is 6.27. The van der Waals surface area contributed by atoms with E-state index in [1.807, 2.05) is 0 Å². The zero-order valence-electron chi connectivity index (χ0n) is 29.4. The fraction of sp³-hybridized carbons (Fsp3) is 0.0400. The predicted molar refractivity (Wildman–Crippen MR) is 225 cm³/mol. The maximum absolute atomic E-state index is 6.64. The van der Waals surface area contributed by atoms with Gasteiger partial charge in [0.25, 0.3) is 0 Å². The topological polar surface area (TPSA) is 32.8 Å². The summed E-state index contributed by atoms with van der Waals surface area (Å²) in [6, 6.07) is 62.3. The van der Waals surface area contributed by atoms with Gasteiger partial charge in [0, 0.05) is 50.0 Å². The van der Waals surface area contributed by atoms with Crippen molar-refractivity contribution in [3.05, 3.63) is 193 Å². The van der Waals surface area contributed by atoms with Crippen molar-refractivity contribution in [1.29, 1.82) is 0 Å². The van der Waals surface area contributed by atoms with Crippen LogP contribution < -0.4 is 9.80 Å². The Labute approximate surface area is 312 Å². The summed E-state index contributed by atoms with van der Waals surface area (Å²) < 4.78 is 13.3. The SMILES string of the molecule is C1=CC(N(c2ccccc2)c2ccccc2)Cc2cc3oc4ccc5oc6cc7cc(N(c8ccccc8)c8ccccc8)ccc7cc6c5c4c3cc21. The van der Waals surface area contributed by atoms with Crippen molar-refractivity contribution >= 4 is 89.2 Å². The Bertz CT molecular complexity index is 2940. The number of rotatable bonds is 6. The molecule has 54 heavy (non-hydrogen) atoms. The molecule has 1 aliphatic carbocycles. The number of anilines is 5. The highest BCUT2D eigenvalue weighted by Gasteiger charge is 2.25. The molecule has 0 saturated heterocycles. The Balaban J connectivity index is 1.02. The molecular weight excluding hydrogens is 661 g/mol. The number of nitrogens with zero attached hydrogens (tertiary/aromatic N) is 2. The molecule has 2 heterocycles. The van der Waals surface area contributed by atoms with Crippen LogP contribution in [-0.2, 0) is 6.42 Å². The van der Waals surface area contributed by atoms with Gasteiger partial charge in [-0.15, -0.1) is 0 Å². The predicted octanol–water partition coefficient (Wildman–Crippen LogP) is 13.9. The first-order valence-corrected chi connectivity index (χ1v) is 18.5. The summed E-state index contributed by atoms with van der Waals surface area (Å²) in [6.45, 7) is 0. The van der Waals surface area contributed by atoms with Gasteiger partial charge in [-0.05, 0) is 125 Å². The standard InChI is InChI=1S/C50H34N2O2/c1-5-13-37(14-6-1)51(38-15-7-2-8-16-38)41-23-21-33-29-43-47(31-35(33)27-41)53-45-25-26-46-50(49(43)45)44-30-34-22-24-42(28-36(34)32-48(44)54-46)52(39-17-9-3-10-18-39)40-19-11-4-12-20-40/h1-27,29-32,42H,28H2. The van der Waals surface area contributed by atoms with Crippen molar-refractivity contribution in [2.75, 3.05) is 9.80 Å². The van der Waals surface area contributed by atoms with E-state index < -0.39 is 0 Å². The van der Waals surface area contributed by atoms with Gasteiger partial charge in [-0.25, -0.2) is 0 Å². The van der Waals surface area contributed by atoms with Crippen LogP contribution in [0.2, 0.25) is 0 Å². The molecule has 0 spiro atoms. The molecule has 4 nitrogen and oxygen atoms in total. The number of fused-ring (bicyclic) bond motifs is 9. The molecule has 0 N–H and O–H groups in total. The molecule has 11 rings (SSSR count). The van der Waals surface area contributed by atoms with Crippen LogP contribution in [0.15, 0.2) is 191 Å². The van der Waals surface area contributed by atoms with Gasteiger partial charge in [0.1, 0.15) is 22.3 Å². The van der Waals surface area contributed by atoms with Crippen molar-refractivity contribution in [1.82, 2.24) is 0 Å². The molecule has 0 fully saturated rings. The monoisotopic (exact) mass is 694 g/mol. The van der Waals surface area contributed by atoms with Crippen molar-refractivity contribution in [3.8, 4) is 0 Å². The van der Waals surface area contributed by atoms with Gasteiger partial charge >= 0.3 is 0 Å². The maximum Gasteiger partial charge on any atom is 0.136 e. The summed E-state index contributed by atoms with van der Waals surface area (Å²) in [7, 11) is 0. The van der Waals surface area contributed by atoms with Crippen LogP contribution >= 0.6 is 0 Å². The summed E-state index contributed by atoms with van der Waals surface area (Å²) >= 11 is 0. The van der Waals surface area contributed by atoms with Gasteiger partial charge in [-0.1, -0.05) is 91.0 Å². The minimum atomic E-state index is 0.162. The van der Waals surface area contributed by atoms with Crippen LogP contribution in [0.3, 0.4) is 0 Å². The Kier molecular flexibility index (Phi) is 6.96. The molecular formula is C50H34N2O2. The number of benzene rings is 8. The molecule has 1 aliphatic rings. The lowest BCUT2D eigenvalue weighted by molar-refractivity contribution is 0.662. The van der Waals surface area contributed by atoms with E-state index in [0.717, 1.165) is 78.1 Å². The van der Waals surface area contributed by atoms with Gasteiger partial charge in [0.15, 0.2) is 0 Å². The van der Waals surface area contributed by atoms with E-state index in [4.69, 9.17) is 8.83 Å². The average Bonchev–Trinajstić information content (AvgIpc) is 3.77. The van der Waals surface area contributed by atoms with Crippen LogP contribution in [0.4, 0.5) is 28.4 Å². The smallest absolute Gasteiger partial charge is 0.136 e. The van der Waals surface area contributed by atoms with Gasteiger partial charge in [0.2, 0.25) is 0 Å². The lowest BCUT2D eigenvalue weighted by atomic mass is 9.91. The van der Waals surface area contributed by atoms with Crippen LogP contribution in [-0.4, -0.2) is 6.04 Å². The summed E-state index contributed by atoms with van der Waals surface area (Å²) in [6.07, 6.45) is 5.50. The van der Waals surface area contributed by atoms with E-state index in [-0.39, 0.29) is 6.04 Å². The zero-order chi connectivity index (χ0) is 35.6. The Hall–Kier alpha value is -7.04. The second kappa shape index (κ2) is 12.3. The van der Waals surface area contributed by atoms with E-state index in [9.17, 15) is 0 Å². The summed E-state index contributed by atoms with van der Waals surface area (Å²) in [5.41, 5.74) is 11.7. The molecule has 4 heteroatoms. The molecule has 0 saturated carbocycles. The van der Waals surface area contributed by atoms with Crippen LogP contribution in [0, 0.1) is 0 Å². The third-order valence-electron chi connectivity index (χ3n) is 10.9. The Morgan fingerprint density at radius 2 is 0.963 bits per heavy atom. The van der Waals surface area contributed by atoms with E-state index in [1.54, 1.807) is 0 Å². The molecule has 256 valence electrons. The molecule has 0 amide bonds. The van der Waals surface area contributed by atoms with Crippen LogP contribution in [0.1, 0.15) is 11.1 Å². The highest BCUT2D eigenvalue weighted by Crippen LogP contribution is 2.44. The second-order valence-corrected chi connectivity index (χ2v) is 14.1. The van der Waals surface area contributed by atoms with Gasteiger partial charge < -0.3 is 18.6 Å². The molecule has 0 radical (unpaired) electrons. The minimum absolute atomic E-state index is 0.162. The lowest BCUT2D eigenvalue weighted by Crippen LogP contribution is -2.32. The zero-order valence-corrected chi connectivity index (χ0v) is 29.4. The minimum Gasteiger partial charge on any atom is -0.456 e. The fourth-order valence-corrected chi connectivity index (χ4v) is 8.44. The van der Waals surface area contributed by atoms with E-state index in [1.165, 1.54) is 22.5 Å². The van der Waals surface area contributed by atoms with Crippen molar-refractivity contribution in [3.63, 3.8) is 0 Å². The third kappa shape index (κ3) is 4.99. The normalized spacial score (nSPS) is 14.0. The summed E-state index contributed by atoms with van der Waals surface area (Å²) in [5.74, 6) is 0. The first kappa shape index (κ1) is 30.6. The third-order valence-corrected chi connectivity index (χ3v) is 10.9. The number of hydrogen-bond donors (Lipinski definition) is 0. The number of para-hydroxylation sites is 4. The molecule has 8 aromatic carbocycles. The Morgan fingerprint density at radius 1 is 0.426 bits per heavy atom. The molecule has 0 bridgehead atoms. The first-order valence-electron chi connectivity index (χ1n) is 18.5. The Morgan fingerprint density at radius 3 is 1.56 bits per heavy atom. The molecule has 0 aliphatic heterocycles. The van der Waals surface area contributed by atoms with Gasteiger partial charge in [0.05, 0.1) is 6.04 Å². The van der Waals surface area contributed by atoms with Gasteiger partial charge in [-0.2, -0.15) is 0 Å². The summed E-state index contributed by atoms with van der Waals surface area (Å²) in [4.78, 5) is 4.72. The second-order valence-electron chi connectivity index (χ2n) is 14.1. The van der Waals surface area contributed by atoms with Gasteiger partial charge in [-0.3, -0.25) is 0 Å². The highest BCUT2D eigenvalue weighted by atomic mass is 16.3. The van der Waals surface area contributed by atoms with Crippen LogP contribution in [0.5, 0.6) is 0 Å². The quantitative estimate of drug-likeness (QED) is 0.173. The van der Waals surface area contributed by atoms with E-state index in [2.05, 4.69) is 198 Å². The van der Waals surface area contributed by atoms with Crippen molar-refractivity contribution in [2.24, 2.45) is 0 Å². The first-order chi connectivity index (χ1) is 26.7. The van der Waals surface area contributed by atoms with Crippen molar-refractivity contribution < 1.29 is 8.83 Å². The maximum atomic E-state index is 6.64.